The zero-order chi connectivity index (χ0) is 17.5. The maximum atomic E-state index is 13.7. The van der Waals surface area contributed by atoms with Crippen LogP contribution in [0.4, 0.5) is 4.39 Å². The van der Waals surface area contributed by atoms with Crippen LogP contribution in [0.3, 0.4) is 0 Å². The Morgan fingerprint density at radius 1 is 0.960 bits per heavy atom. The molecule has 25 heavy (non-hydrogen) atoms. The maximum Gasteiger partial charge on any atom is 0.131 e. The average Bonchev–Trinajstić information content (AvgIpc) is 2.63. The van der Waals surface area contributed by atoms with E-state index < -0.39 is 0 Å². The number of nitrogens with one attached hydrogen (secondary N) is 1. The van der Waals surface area contributed by atoms with Crippen molar-refractivity contribution in [3.63, 3.8) is 0 Å². The van der Waals surface area contributed by atoms with Crippen molar-refractivity contribution in [3.8, 4) is 5.75 Å². The average molecular weight is 357 g/mol. The van der Waals surface area contributed by atoms with Gasteiger partial charge in [-0.3, -0.25) is 4.98 Å². The van der Waals surface area contributed by atoms with Crippen molar-refractivity contribution >= 4 is 11.6 Å². The number of benzene rings is 2. The highest BCUT2D eigenvalue weighted by atomic mass is 35.5. The maximum absolute atomic E-state index is 13.7. The fourth-order valence-corrected chi connectivity index (χ4v) is 2.60. The van der Waals surface area contributed by atoms with Crippen LogP contribution in [0.25, 0.3) is 0 Å². The Morgan fingerprint density at radius 3 is 2.48 bits per heavy atom. The molecule has 0 saturated carbocycles. The summed E-state index contributed by atoms with van der Waals surface area (Å²) >= 11 is 6.00. The molecule has 3 rings (SSSR count). The molecule has 2 aromatic carbocycles. The summed E-state index contributed by atoms with van der Waals surface area (Å²) in [7, 11) is 0. The Labute approximate surface area is 151 Å². The molecule has 5 heteroatoms. The lowest BCUT2D eigenvalue weighted by Crippen LogP contribution is -2.12. The molecule has 0 fully saturated rings. The zero-order valence-corrected chi connectivity index (χ0v) is 14.3. The number of nitrogens with zero attached hydrogens (tertiary/aromatic N) is 1. The van der Waals surface area contributed by atoms with Gasteiger partial charge in [0.05, 0.1) is 5.02 Å². The first-order valence-corrected chi connectivity index (χ1v) is 8.34. The topological polar surface area (TPSA) is 34.1 Å². The van der Waals surface area contributed by atoms with Crippen molar-refractivity contribution in [1.82, 2.24) is 10.3 Å². The van der Waals surface area contributed by atoms with Crippen LogP contribution in [-0.4, -0.2) is 4.98 Å². The third-order valence-corrected chi connectivity index (χ3v) is 4.10. The second-order valence-electron chi connectivity index (χ2n) is 5.60. The van der Waals surface area contributed by atoms with Gasteiger partial charge in [-0.25, -0.2) is 4.39 Å². The highest BCUT2D eigenvalue weighted by Gasteiger charge is 2.07. The van der Waals surface area contributed by atoms with Crippen LogP contribution in [0, 0.1) is 5.82 Å². The molecule has 0 bridgehead atoms. The van der Waals surface area contributed by atoms with Crippen LogP contribution in [0.1, 0.15) is 16.7 Å². The van der Waals surface area contributed by atoms with Gasteiger partial charge in [-0.2, -0.15) is 0 Å². The number of ether oxygens (including phenoxy) is 1. The molecule has 3 aromatic rings. The van der Waals surface area contributed by atoms with Gasteiger partial charge in [0, 0.05) is 31.0 Å². The van der Waals surface area contributed by atoms with E-state index in [4.69, 9.17) is 16.3 Å². The molecular weight excluding hydrogens is 339 g/mol. The lowest BCUT2D eigenvalue weighted by Gasteiger charge is -2.10. The lowest BCUT2D eigenvalue weighted by atomic mass is 10.2. The molecule has 0 unspecified atom stereocenters. The first-order chi connectivity index (χ1) is 12.2. The van der Waals surface area contributed by atoms with E-state index in [0.717, 1.165) is 24.2 Å². The molecule has 0 saturated heterocycles. The molecule has 0 aliphatic heterocycles. The van der Waals surface area contributed by atoms with Gasteiger partial charge in [0.2, 0.25) is 0 Å². The molecule has 0 aliphatic carbocycles. The van der Waals surface area contributed by atoms with Crippen molar-refractivity contribution in [2.24, 2.45) is 0 Å². The number of aromatic nitrogens is 1. The molecule has 0 radical (unpaired) electrons. The fourth-order valence-electron chi connectivity index (χ4n) is 2.38. The van der Waals surface area contributed by atoms with Gasteiger partial charge in [0.15, 0.2) is 0 Å². The van der Waals surface area contributed by atoms with Gasteiger partial charge < -0.3 is 10.1 Å². The number of hydrogen-bond donors (Lipinski definition) is 1. The monoisotopic (exact) mass is 356 g/mol. The number of rotatable bonds is 7. The summed E-state index contributed by atoms with van der Waals surface area (Å²) in [5.74, 6) is 0.319. The minimum absolute atomic E-state index is 0.101. The Kier molecular flexibility index (Phi) is 5.99. The fraction of sp³-hybridized carbons (Fsp3) is 0.150. The third-order valence-electron chi connectivity index (χ3n) is 3.75. The summed E-state index contributed by atoms with van der Waals surface area (Å²) in [6, 6.07) is 16.3. The molecule has 3 nitrogen and oxygen atoms in total. The van der Waals surface area contributed by atoms with E-state index in [0.29, 0.717) is 16.3 Å². The molecule has 0 amide bonds. The summed E-state index contributed by atoms with van der Waals surface area (Å²) in [5.41, 5.74) is 2.65. The Balaban J connectivity index is 1.50. The summed E-state index contributed by atoms with van der Waals surface area (Å²) in [5, 5.41) is 3.73. The summed E-state index contributed by atoms with van der Waals surface area (Å²) in [6.07, 6.45) is 3.61. The van der Waals surface area contributed by atoms with Crippen LogP contribution < -0.4 is 10.1 Å². The lowest BCUT2D eigenvalue weighted by molar-refractivity contribution is 0.300. The van der Waals surface area contributed by atoms with Crippen molar-refractivity contribution in [2.75, 3.05) is 0 Å². The molecule has 0 spiro atoms. The molecule has 1 N–H and O–H groups in total. The Bertz CT molecular complexity index is 789. The van der Waals surface area contributed by atoms with E-state index in [1.165, 1.54) is 6.07 Å². The smallest absolute Gasteiger partial charge is 0.131 e. The van der Waals surface area contributed by atoms with Crippen molar-refractivity contribution in [2.45, 2.75) is 19.7 Å². The predicted octanol–water partition coefficient (Wildman–Crippen LogP) is 4.74. The second-order valence-corrected chi connectivity index (χ2v) is 6.00. The van der Waals surface area contributed by atoms with Gasteiger partial charge in [0.1, 0.15) is 18.2 Å². The summed E-state index contributed by atoms with van der Waals surface area (Å²) in [4.78, 5) is 4.09. The van der Waals surface area contributed by atoms with E-state index in [1.54, 1.807) is 18.3 Å². The molecule has 1 heterocycles. The molecule has 0 atom stereocenters. The zero-order valence-electron chi connectivity index (χ0n) is 13.6. The van der Waals surface area contributed by atoms with Gasteiger partial charge in [0.25, 0.3) is 0 Å². The quantitative estimate of drug-likeness (QED) is 0.663. The van der Waals surface area contributed by atoms with Gasteiger partial charge in [-0.1, -0.05) is 35.9 Å². The van der Waals surface area contributed by atoms with Crippen LogP contribution in [0.2, 0.25) is 5.02 Å². The van der Waals surface area contributed by atoms with E-state index in [-0.39, 0.29) is 12.4 Å². The summed E-state index contributed by atoms with van der Waals surface area (Å²) < 4.78 is 19.3. The van der Waals surface area contributed by atoms with Gasteiger partial charge >= 0.3 is 0 Å². The molecular formula is C20H18ClFN2O. The van der Waals surface area contributed by atoms with Gasteiger partial charge in [-0.15, -0.1) is 0 Å². The number of halogens is 2. The van der Waals surface area contributed by atoms with Crippen LogP contribution >= 0.6 is 11.6 Å². The molecule has 0 aliphatic rings. The van der Waals surface area contributed by atoms with E-state index in [9.17, 15) is 4.39 Å². The van der Waals surface area contributed by atoms with Crippen LogP contribution in [0.15, 0.2) is 67.0 Å². The van der Waals surface area contributed by atoms with Crippen LogP contribution in [0.5, 0.6) is 5.75 Å². The third kappa shape index (κ3) is 5.02. The highest BCUT2D eigenvalue weighted by molar-refractivity contribution is 6.31. The largest absolute Gasteiger partial charge is 0.489 e. The van der Waals surface area contributed by atoms with Crippen LogP contribution in [-0.2, 0) is 19.7 Å². The summed E-state index contributed by atoms with van der Waals surface area (Å²) in [6.45, 7) is 1.61. The van der Waals surface area contributed by atoms with Crippen molar-refractivity contribution in [1.29, 1.82) is 0 Å². The standard InChI is InChI=1S/C20H18ClFN2O/c21-19-4-1-5-20(22)18(19)14-25-17-8-6-15(7-9-17)11-24-13-16-3-2-10-23-12-16/h1-10,12,24H,11,13-14H2. The minimum Gasteiger partial charge on any atom is -0.489 e. The first-order valence-electron chi connectivity index (χ1n) is 7.96. The number of hydrogen-bond acceptors (Lipinski definition) is 3. The molecule has 1 aromatic heterocycles. The minimum atomic E-state index is -0.358. The Hall–Kier alpha value is -2.43. The van der Waals surface area contributed by atoms with Crippen molar-refractivity contribution in [3.05, 3.63) is 94.5 Å². The SMILES string of the molecule is Fc1cccc(Cl)c1COc1ccc(CNCc2cccnc2)cc1. The predicted molar refractivity (Wildman–Crippen MR) is 97.0 cm³/mol. The van der Waals surface area contributed by atoms with E-state index in [2.05, 4.69) is 10.3 Å². The number of pyridine rings is 1. The van der Waals surface area contributed by atoms with E-state index in [1.807, 2.05) is 42.6 Å². The van der Waals surface area contributed by atoms with Gasteiger partial charge in [-0.05, 0) is 41.5 Å². The Morgan fingerprint density at radius 2 is 1.76 bits per heavy atom. The second kappa shape index (κ2) is 8.60. The first kappa shape index (κ1) is 17.4. The molecule has 128 valence electrons. The highest BCUT2D eigenvalue weighted by Crippen LogP contribution is 2.21. The normalized spacial score (nSPS) is 10.6. The van der Waals surface area contributed by atoms with Crippen molar-refractivity contribution < 1.29 is 9.13 Å². The van der Waals surface area contributed by atoms with E-state index >= 15 is 0 Å².